The minimum atomic E-state index is -0.973. The van der Waals surface area contributed by atoms with Gasteiger partial charge in [0.05, 0.1) is 12.5 Å². The summed E-state index contributed by atoms with van der Waals surface area (Å²) in [5.41, 5.74) is 0.103. The highest BCUT2D eigenvalue weighted by Gasteiger charge is 2.68. The van der Waals surface area contributed by atoms with Crippen LogP contribution in [0.5, 0.6) is 0 Å². The van der Waals surface area contributed by atoms with E-state index in [1.165, 1.54) is 7.11 Å². The van der Waals surface area contributed by atoms with Crippen LogP contribution >= 0.6 is 34.8 Å². The minimum absolute atomic E-state index is 0.0248. The van der Waals surface area contributed by atoms with E-state index in [2.05, 4.69) is 0 Å². The van der Waals surface area contributed by atoms with Crippen molar-refractivity contribution in [2.75, 3.05) is 33.3 Å². The van der Waals surface area contributed by atoms with Gasteiger partial charge in [-0.05, 0) is 31.0 Å². The quantitative estimate of drug-likeness (QED) is 0.555. The lowest BCUT2D eigenvalue weighted by molar-refractivity contribution is -0.149. The number of hydrogen-bond acceptors (Lipinski definition) is 4. The zero-order valence-corrected chi connectivity index (χ0v) is 16.9. The van der Waals surface area contributed by atoms with Crippen LogP contribution in [0.25, 0.3) is 0 Å². The Balaban J connectivity index is 1.69. The number of halogens is 3. The maximum absolute atomic E-state index is 12.7. The second kappa shape index (κ2) is 7.19. The number of piperazine rings is 1. The third-order valence-corrected chi connectivity index (χ3v) is 6.66. The van der Waals surface area contributed by atoms with Crippen molar-refractivity contribution >= 4 is 46.7 Å². The molecule has 1 aliphatic carbocycles. The molecule has 2 atom stereocenters. The van der Waals surface area contributed by atoms with Crippen LogP contribution in [-0.4, -0.2) is 59.3 Å². The van der Waals surface area contributed by atoms with Crippen LogP contribution in [0.1, 0.15) is 24.9 Å². The number of alkyl halides is 2. The minimum Gasteiger partial charge on any atom is -0.468 e. The summed E-state index contributed by atoms with van der Waals surface area (Å²) < 4.78 is 4.01. The maximum atomic E-state index is 12.7. The Kier molecular flexibility index (Phi) is 5.46. The number of carbonyl (C=O) groups is 2. The third kappa shape index (κ3) is 3.55. The lowest BCUT2D eigenvalue weighted by atomic mass is 10.0. The number of esters is 1. The van der Waals surface area contributed by atoms with E-state index in [-0.39, 0.29) is 11.9 Å². The number of carbonyl (C=O) groups excluding carboxylic acids is 2. The van der Waals surface area contributed by atoms with Gasteiger partial charge >= 0.3 is 5.97 Å². The number of benzene rings is 1. The summed E-state index contributed by atoms with van der Waals surface area (Å²) in [6.45, 7) is 3.94. The molecule has 1 amide bonds. The molecule has 1 aromatic carbocycles. The predicted octanol–water partition coefficient (Wildman–Crippen LogP) is 3.28. The van der Waals surface area contributed by atoms with Crippen LogP contribution in [0.15, 0.2) is 24.3 Å². The zero-order valence-electron chi connectivity index (χ0n) is 14.7. The van der Waals surface area contributed by atoms with Gasteiger partial charge in [0.15, 0.2) is 0 Å². The normalized spacial score (nSPS) is 26.3. The van der Waals surface area contributed by atoms with E-state index < -0.39 is 15.8 Å². The topological polar surface area (TPSA) is 49.9 Å². The molecule has 0 aromatic heterocycles. The van der Waals surface area contributed by atoms with E-state index >= 15 is 0 Å². The molecule has 3 rings (SSSR count). The van der Waals surface area contributed by atoms with Gasteiger partial charge in [0, 0.05) is 31.2 Å². The van der Waals surface area contributed by atoms with Crippen molar-refractivity contribution in [3.8, 4) is 0 Å². The summed E-state index contributed by atoms with van der Waals surface area (Å²) in [6.07, 6.45) is 0.470. The molecular weight excluding hydrogens is 399 g/mol. The lowest BCUT2D eigenvalue weighted by Crippen LogP contribution is -2.53. The van der Waals surface area contributed by atoms with E-state index in [1.807, 2.05) is 17.0 Å². The Morgan fingerprint density at radius 2 is 1.65 bits per heavy atom. The number of ether oxygens (including phenoxy) is 1. The highest BCUT2D eigenvalue weighted by molar-refractivity contribution is 6.53. The molecule has 0 spiro atoms. The first-order chi connectivity index (χ1) is 12.2. The fourth-order valence-electron chi connectivity index (χ4n) is 3.42. The molecule has 1 aromatic rings. The molecule has 0 radical (unpaired) electrons. The molecule has 0 unspecified atom stereocenters. The predicted molar refractivity (Wildman–Crippen MR) is 102 cm³/mol. The van der Waals surface area contributed by atoms with E-state index in [0.29, 0.717) is 37.6 Å². The number of amides is 1. The van der Waals surface area contributed by atoms with Crippen LogP contribution in [0.3, 0.4) is 0 Å². The van der Waals surface area contributed by atoms with Crippen LogP contribution in [0.4, 0.5) is 0 Å². The summed E-state index contributed by atoms with van der Waals surface area (Å²) in [6, 6.07) is 6.62. The highest BCUT2D eigenvalue weighted by Crippen LogP contribution is 2.64. The Morgan fingerprint density at radius 1 is 1.12 bits per heavy atom. The highest BCUT2D eigenvalue weighted by atomic mass is 35.5. The van der Waals surface area contributed by atoms with Crippen molar-refractivity contribution in [3.63, 3.8) is 0 Å². The molecular formula is C18H21Cl3N2O3. The Hall–Kier alpha value is -1.01. The average molecular weight is 420 g/mol. The largest absolute Gasteiger partial charge is 0.468 e. The van der Waals surface area contributed by atoms with Crippen LogP contribution < -0.4 is 0 Å². The van der Waals surface area contributed by atoms with Gasteiger partial charge in [-0.15, -0.1) is 23.2 Å². The van der Waals surface area contributed by atoms with Gasteiger partial charge in [0.1, 0.15) is 10.4 Å². The molecule has 0 bridgehead atoms. The van der Waals surface area contributed by atoms with Gasteiger partial charge in [0.25, 0.3) is 0 Å². The summed E-state index contributed by atoms with van der Waals surface area (Å²) in [5, 5.41) is 0.607. The Morgan fingerprint density at radius 3 is 2.12 bits per heavy atom. The van der Waals surface area contributed by atoms with Gasteiger partial charge in [-0.3, -0.25) is 9.69 Å². The standard InChI is InChI=1S/C18H21Cl3N2O3/c1-17(11-18(17,20)21)16(25)23-9-7-22(8-10-23)14(15(24)26-2)12-3-5-13(19)6-4-12/h3-6,14H,7-11H2,1-2H3/t14-,17-/m1/s1. The molecule has 0 N–H and O–H groups in total. The summed E-state index contributed by atoms with van der Waals surface area (Å²) in [7, 11) is 1.37. The van der Waals surface area contributed by atoms with Gasteiger partial charge < -0.3 is 9.64 Å². The molecule has 8 heteroatoms. The summed E-state index contributed by atoms with van der Waals surface area (Å²) in [4.78, 5) is 28.9. The second-order valence-electron chi connectivity index (χ2n) is 7.02. The number of hydrogen-bond donors (Lipinski definition) is 0. The Bertz CT molecular complexity index is 702. The number of rotatable bonds is 4. The van der Waals surface area contributed by atoms with Crippen molar-refractivity contribution in [2.24, 2.45) is 5.41 Å². The van der Waals surface area contributed by atoms with Crippen molar-refractivity contribution in [2.45, 2.75) is 23.7 Å². The first kappa shape index (κ1) is 19.7. The van der Waals surface area contributed by atoms with Crippen LogP contribution in [0, 0.1) is 5.41 Å². The SMILES string of the molecule is COC(=O)[C@@H](c1ccc(Cl)cc1)N1CCN(C(=O)[C@@]2(C)CC2(Cl)Cl)CC1. The smallest absolute Gasteiger partial charge is 0.327 e. The first-order valence-electron chi connectivity index (χ1n) is 8.44. The summed E-state index contributed by atoms with van der Waals surface area (Å²) in [5.74, 6) is -0.356. The van der Waals surface area contributed by atoms with Crippen molar-refractivity contribution < 1.29 is 14.3 Å². The van der Waals surface area contributed by atoms with Crippen LogP contribution in [0.2, 0.25) is 5.02 Å². The van der Waals surface area contributed by atoms with Gasteiger partial charge in [-0.1, -0.05) is 23.7 Å². The fraction of sp³-hybridized carbons (Fsp3) is 0.556. The lowest BCUT2D eigenvalue weighted by Gasteiger charge is -2.39. The van der Waals surface area contributed by atoms with E-state index in [1.54, 1.807) is 24.0 Å². The monoisotopic (exact) mass is 418 g/mol. The molecule has 26 heavy (non-hydrogen) atoms. The van der Waals surface area contributed by atoms with Gasteiger partial charge in [0.2, 0.25) is 5.91 Å². The molecule has 1 heterocycles. The summed E-state index contributed by atoms with van der Waals surface area (Å²) >= 11 is 18.2. The Labute approximate surface area is 168 Å². The third-order valence-electron chi connectivity index (χ3n) is 5.31. The maximum Gasteiger partial charge on any atom is 0.327 e. The van der Waals surface area contributed by atoms with Crippen LogP contribution in [-0.2, 0) is 14.3 Å². The molecule has 2 aliphatic rings. The molecule has 2 fully saturated rings. The van der Waals surface area contributed by atoms with E-state index in [0.717, 1.165) is 5.56 Å². The van der Waals surface area contributed by atoms with Gasteiger partial charge in [-0.2, -0.15) is 0 Å². The van der Waals surface area contributed by atoms with Gasteiger partial charge in [-0.25, -0.2) is 4.79 Å². The van der Waals surface area contributed by atoms with Crippen molar-refractivity contribution in [1.29, 1.82) is 0 Å². The zero-order chi connectivity index (χ0) is 19.1. The fourth-order valence-corrected chi connectivity index (χ4v) is 4.24. The van der Waals surface area contributed by atoms with E-state index in [9.17, 15) is 9.59 Å². The average Bonchev–Trinajstić information content (AvgIpc) is 3.15. The molecule has 142 valence electrons. The molecule has 1 saturated heterocycles. The van der Waals surface area contributed by atoms with E-state index in [4.69, 9.17) is 39.5 Å². The number of nitrogens with zero attached hydrogens (tertiary/aromatic N) is 2. The molecule has 1 aliphatic heterocycles. The van der Waals surface area contributed by atoms with Crippen molar-refractivity contribution in [1.82, 2.24) is 9.80 Å². The molecule has 1 saturated carbocycles. The van der Waals surface area contributed by atoms with Crippen molar-refractivity contribution in [3.05, 3.63) is 34.9 Å². The first-order valence-corrected chi connectivity index (χ1v) is 9.57. The number of methoxy groups -OCH3 is 1. The molecule has 5 nitrogen and oxygen atoms in total. The second-order valence-corrected chi connectivity index (χ2v) is 8.94.